The monoisotopic (exact) mass is 497 g/mol. The molecule has 0 radical (unpaired) electrons. The summed E-state index contributed by atoms with van der Waals surface area (Å²) in [6.45, 7) is 10.8. The van der Waals surface area contributed by atoms with Gasteiger partial charge in [-0.3, -0.25) is 9.59 Å². The van der Waals surface area contributed by atoms with Crippen LogP contribution >= 0.6 is 0 Å². The molecule has 0 atom stereocenters. The van der Waals surface area contributed by atoms with Crippen molar-refractivity contribution in [2.24, 2.45) is 0 Å². The summed E-state index contributed by atoms with van der Waals surface area (Å²) in [5.74, 6) is -2.20. The van der Waals surface area contributed by atoms with Gasteiger partial charge in [-0.15, -0.1) is 0 Å². The third-order valence-electron chi connectivity index (χ3n) is 4.54. The number of nitrogens with one attached hydrogen (secondary N) is 1. The largest absolute Gasteiger partial charge is 0.507 e. The summed E-state index contributed by atoms with van der Waals surface area (Å²) in [5, 5.41) is 12.6. The van der Waals surface area contributed by atoms with E-state index >= 15 is 0 Å². The fourth-order valence-corrected chi connectivity index (χ4v) is 2.81. The molecular formula is C28H35NO7. The van der Waals surface area contributed by atoms with Crippen LogP contribution in [0, 0.1) is 0 Å². The molecule has 0 spiro atoms. The normalized spacial score (nSPS) is 11.0. The number of benzene rings is 2. The van der Waals surface area contributed by atoms with Crippen LogP contribution in [-0.2, 0) is 32.0 Å². The molecule has 0 fully saturated rings. The minimum absolute atomic E-state index is 0.0744. The number of aryl methyl sites for hydroxylation is 1. The van der Waals surface area contributed by atoms with Crippen molar-refractivity contribution in [2.45, 2.75) is 60.1 Å². The van der Waals surface area contributed by atoms with E-state index in [1.54, 1.807) is 58.9 Å². The predicted molar refractivity (Wildman–Crippen MR) is 138 cm³/mol. The summed E-state index contributed by atoms with van der Waals surface area (Å²) in [6.07, 6.45) is 1.23. The van der Waals surface area contributed by atoms with Crippen molar-refractivity contribution in [3.05, 3.63) is 76.9 Å². The maximum absolute atomic E-state index is 11.6. The van der Waals surface area contributed by atoms with Gasteiger partial charge in [-0.2, -0.15) is 0 Å². The van der Waals surface area contributed by atoms with E-state index in [0.29, 0.717) is 11.1 Å². The summed E-state index contributed by atoms with van der Waals surface area (Å²) >= 11 is 0. The van der Waals surface area contributed by atoms with Gasteiger partial charge < -0.3 is 19.9 Å². The fourth-order valence-electron chi connectivity index (χ4n) is 2.81. The second-order valence-corrected chi connectivity index (χ2v) is 8.78. The van der Waals surface area contributed by atoms with Crippen molar-refractivity contribution in [1.82, 2.24) is 5.32 Å². The molecule has 0 bridgehead atoms. The first-order valence-electron chi connectivity index (χ1n) is 11.6. The Morgan fingerprint density at radius 2 is 1.53 bits per heavy atom. The van der Waals surface area contributed by atoms with Gasteiger partial charge in [0.1, 0.15) is 11.4 Å². The summed E-state index contributed by atoms with van der Waals surface area (Å²) < 4.78 is 9.70. The van der Waals surface area contributed by atoms with Crippen LogP contribution in [0.15, 0.2) is 54.6 Å². The Morgan fingerprint density at radius 3 is 2.08 bits per heavy atom. The SMILES string of the molecule is CCOC(=O)C(=O)C=C(O)c1cccc(CNC(=O)OC(C)(C)C)c1.CCc1cccc(C(C)=O)c1. The van der Waals surface area contributed by atoms with Gasteiger partial charge in [0.15, 0.2) is 5.78 Å². The predicted octanol–water partition coefficient (Wildman–Crippen LogP) is 5.19. The Labute approximate surface area is 212 Å². The van der Waals surface area contributed by atoms with E-state index in [0.717, 1.165) is 18.1 Å². The summed E-state index contributed by atoms with van der Waals surface area (Å²) in [5.41, 5.74) is 2.45. The Hall–Kier alpha value is -3.94. The van der Waals surface area contributed by atoms with E-state index in [4.69, 9.17) is 4.74 Å². The van der Waals surface area contributed by atoms with Gasteiger partial charge in [0, 0.05) is 23.7 Å². The number of rotatable bonds is 8. The second-order valence-electron chi connectivity index (χ2n) is 8.78. The van der Waals surface area contributed by atoms with Crippen molar-refractivity contribution >= 4 is 29.4 Å². The quantitative estimate of drug-likeness (QED) is 0.169. The molecule has 8 nitrogen and oxygen atoms in total. The Kier molecular flexibility index (Phi) is 12.1. The van der Waals surface area contributed by atoms with Crippen molar-refractivity contribution in [1.29, 1.82) is 0 Å². The lowest BCUT2D eigenvalue weighted by Gasteiger charge is -2.19. The topological polar surface area (TPSA) is 119 Å². The third-order valence-corrected chi connectivity index (χ3v) is 4.54. The van der Waals surface area contributed by atoms with E-state index in [1.807, 2.05) is 24.3 Å². The Balaban J connectivity index is 0.000000488. The molecule has 36 heavy (non-hydrogen) atoms. The van der Waals surface area contributed by atoms with E-state index in [2.05, 4.69) is 17.0 Å². The first-order chi connectivity index (χ1) is 16.9. The van der Waals surface area contributed by atoms with Crippen LogP contribution < -0.4 is 5.32 Å². The maximum atomic E-state index is 11.6. The van der Waals surface area contributed by atoms with Crippen molar-refractivity contribution < 1.29 is 33.8 Å². The van der Waals surface area contributed by atoms with Crippen LogP contribution in [0.3, 0.4) is 0 Å². The van der Waals surface area contributed by atoms with Gasteiger partial charge >= 0.3 is 12.1 Å². The van der Waals surface area contributed by atoms with Crippen LogP contribution in [0.1, 0.15) is 68.6 Å². The minimum atomic E-state index is -1.03. The zero-order valence-electron chi connectivity index (χ0n) is 21.7. The minimum Gasteiger partial charge on any atom is -0.507 e. The highest BCUT2D eigenvalue weighted by molar-refractivity contribution is 6.39. The van der Waals surface area contributed by atoms with Crippen LogP contribution in [0.5, 0.6) is 0 Å². The molecule has 2 N–H and O–H groups in total. The molecule has 2 aromatic rings. The molecule has 1 amide bonds. The molecule has 8 heteroatoms. The standard InChI is InChI=1S/C18H23NO6.C10H12O/c1-5-24-16(22)15(21)10-14(20)13-8-6-7-12(9-13)11-19-17(23)25-18(2,3)4;1-3-9-5-4-6-10(7-9)8(2)11/h6-10,20H,5,11H2,1-4H3,(H,19,23);4-7H,3H2,1-2H3. The lowest BCUT2D eigenvalue weighted by atomic mass is 10.1. The maximum Gasteiger partial charge on any atom is 0.407 e. The van der Waals surface area contributed by atoms with Gasteiger partial charge in [0.2, 0.25) is 0 Å². The summed E-state index contributed by atoms with van der Waals surface area (Å²) in [4.78, 5) is 45.4. The number of ether oxygens (including phenoxy) is 2. The smallest absolute Gasteiger partial charge is 0.407 e. The van der Waals surface area contributed by atoms with Crippen molar-refractivity contribution in [2.75, 3.05) is 6.61 Å². The number of hydrogen-bond donors (Lipinski definition) is 2. The number of alkyl carbamates (subject to hydrolysis) is 1. The molecule has 0 aliphatic carbocycles. The average Bonchev–Trinajstić information content (AvgIpc) is 2.82. The van der Waals surface area contributed by atoms with Crippen molar-refractivity contribution in [3.63, 3.8) is 0 Å². The molecule has 0 saturated carbocycles. The van der Waals surface area contributed by atoms with Crippen LogP contribution in [-0.4, -0.2) is 40.9 Å². The van der Waals surface area contributed by atoms with Gasteiger partial charge in [0.05, 0.1) is 6.61 Å². The number of ketones is 2. The van der Waals surface area contributed by atoms with E-state index in [-0.39, 0.29) is 24.7 Å². The van der Waals surface area contributed by atoms with Gasteiger partial charge in [-0.25, -0.2) is 9.59 Å². The zero-order chi connectivity index (χ0) is 27.3. The average molecular weight is 498 g/mol. The van der Waals surface area contributed by atoms with Crippen LogP contribution in [0.25, 0.3) is 5.76 Å². The van der Waals surface area contributed by atoms with Gasteiger partial charge in [-0.1, -0.05) is 43.3 Å². The van der Waals surface area contributed by atoms with E-state index < -0.39 is 23.4 Å². The first kappa shape index (κ1) is 30.1. The lowest BCUT2D eigenvalue weighted by Crippen LogP contribution is -2.32. The number of amides is 1. The van der Waals surface area contributed by atoms with Crippen LogP contribution in [0.4, 0.5) is 4.79 Å². The lowest BCUT2D eigenvalue weighted by molar-refractivity contribution is -0.151. The highest BCUT2D eigenvalue weighted by Gasteiger charge is 2.16. The van der Waals surface area contributed by atoms with Crippen LogP contribution in [0.2, 0.25) is 0 Å². The van der Waals surface area contributed by atoms with Gasteiger partial charge in [-0.05, 0) is 64.3 Å². The fraction of sp³-hybridized carbons (Fsp3) is 0.357. The summed E-state index contributed by atoms with van der Waals surface area (Å²) in [6, 6.07) is 14.3. The Bertz CT molecular complexity index is 1100. The molecular weight excluding hydrogens is 462 g/mol. The van der Waals surface area contributed by atoms with Gasteiger partial charge in [0.25, 0.3) is 5.78 Å². The van der Waals surface area contributed by atoms with E-state index in [9.17, 15) is 24.3 Å². The molecule has 0 aromatic heterocycles. The molecule has 194 valence electrons. The molecule has 2 rings (SSSR count). The number of esters is 1. The molecule has 2 aromatic carbocycles. The zero-order valence-corrected chi connectivity index (χ0v) is 21.7. The molecule has 0 unspecified atom stereocenters. The number of carbonyl (C=O) groups excluding carboxylic acids is 4. The third kappa shape index (κ3) is 11.5. The Morgan fingerprint density at radius 1 is 0.944 bits per heavy atom. The first-order valence-corrected chi connectivity index (χ1v) is 11.6. The number of carbonyl (C=O) groups is 4. The number of aliphatic hydroxyl groups is 1. The second kappa shape index (κ2) is 14.5. The molecule has 0 aliphatic heterocycles. The number of aliphatic hydroxyl groups excluding tert-OH is 1. The van der Waals surface area contributed by atoms with Crippen molar-refractivity contribution in [3.8, 4) is 0 Å². The van der Waals surface area contributed by atoms with E-state index in [1.165, 1.54) is 5.56 Å². The molecule has 0 saturated heterocycles. The summed E-state index contributed by atoms with van der Waals surface area (Å²) in [7, 11) is 0. The molecule has 0 heterocycles. The highest BCUT2D eigenvalue weighted by Crippen LogP contribution is 2.14. The molecule has 0 aliphatic rings. The highest BCUT2D eigenvalue weighted by atomic mass is 16.6. The number of hydrogen-bond acceptors (Lipinski definition) is 7. The number of Topliss-reactive ketones (excluding diaryl/α,β-unsaturated/α-hetero) is 1.